The first-order valence-electron chi connectivity index (χ1n) is 14.0. The van der Waals surface area contributed by atoms with Gasteiger partial charge in [-0.1, -0.05) is 94.5 Å². The molecule has 0 aliphatic heterocycles. The Balaban J connectivity index is 1.71. The minimum atomic E-state index is 0.0143. The summed E-state index contributed by atoms with van der Waals surface area (Å²) in [5.74, 6) is 0.430. The number of rotatable bonds is 15. The summed E-state index contributed by atoms with van der Waals surface area (Å²) >= 11 is 0. The highest BCUT2D eigenvalue weighted by Crippen LogP contribution is 2.19. The molecule has 0 unspecified atom stereocenters. The minimum Gasteiger partial charge on any atom is -0.361 e. The van der Waals surface area contributed by atoms with E-state index in [2.05, 4.69) is 69.1 Å². The maximum atomic E-state index is 13.7. The van der Waals surface area contributed by atoms with Gasteiger partial charge in [0.2, 0.25) is 11.8 Å². The standard InChI is InChI=1S/C32H45N3O2/c1-5-6-7-8-9-14-31(36)35(22-25(2)3)24-32(37)34(23-27-17-15-26(4)16-18-27)20-19-28-21-33-30-13-11-10-12-29(28)30/h10-13,15-18,21,25,33H,5-9,14,19-20,22-24H2,1-4H3. The van der Waals surface area contributed by atoms with Crippen LogP contribution in [0.1, 0.15) is 76.0 Å². The van der Waals surface area contributed by atoms with Crippen molar-refractivity contribution >= 4 is 22.7 Å². The molecule has 37 heavy (non-hydrogen) atoms. The largest absolute Gasteiger partial charge is 0.361 e. The zero-order valence-corrected chi connectivity index (χ0v) is 23.3. The first-order valence-corrected chi connectivity index (χ1v) is 14.0. The zero-order chi connectivity index (χ0) is 26.6. The van der Waals surface area contributed by atoms with Gasteiger partial charge in [0.05, 0.1) is 6.54 Å². The van der Waals surface area contributed by atoms with Crippen LogP contribution in [0.15, 0.2) is 54.7 Å². The summed E-state index contributed by atoms with van der Waals surface area (Å²) in [6.45, 7) is 10.4. The van der Waals surface area contributed by atoms with Gasteiger partial charge in [-0.2, -0.15) is 0 Å². The van der Waals surface area contributed by atoms with E-state index in [-0.39, 0.29) is 18.4 Å². The molecule has 1 N–H and O–H groups in total. The molecule has 2 amide bonds. The summed E-state index contributed by atoms with van der Waals surface area (Å²) in [5, 5.41) is 1.20. The number of aromatic amines is 1. The van der Waals surface area contributed by atoms with Gasteiger partial charge < -0.3 is 14.8 Å². The normalized spacial score (nSPS) is 11.3. The van der Waals surface area contributed by atoms with Gasteiger partial charge in [0.15, 0.2) is 0 Å². The molecule has 0 spiro atoms. The van der Waals surface area contributed by atoms with Crippen LogP contribution in [0.4, 0.5) is 0 Å². The molecule has 0 saturated carbocycles. The van der Waals surface area contributed by atoms with E-state index in [4.69, 9.17) is 0 Å². The second-order valence-corrected chi connectivity index (χ2v) is 10.7. The fourth-order valence-corrected chi connectivity index (χ4v) is 4.80. The molecular weight excluding hydrogens is 458 g/mol. The van der Waals surface area contributed by atoms with Crippen molar-refractivity contribution in [2.75, 3.05) is 19.6 Å². The van der Waals surface area contributed by atoms with Crippen molar-refractivity contribution in [1.29, 1.82) is 0 Å². The second kappa shape index (κ2) is 14.6. The van der Waals surface area contributed by atoms with Gasteiger partial charge in [0.25, 0.3) is 0 Å². The Morgan fingerprint density at radius 1 is 0.892 bits per heavy atom. The van der Waals surface area contributed by atoms with Crippen molar-refractivity contribution in [3.8, 4) is 0 Å². The van der Waals surface area contributed by atoms with E-state index < -0.39 is 0 Å². The number of nitrogens with one attached hydrogen (secondary N) is 1. The Hall–Kier alpha value is -3.08. The molecule has 3 rings (SSSR count). The number of H-pyrrole nitrogens is 1. The van der Waals surface area contributed by atoms with Crippen molar-refractivity contribution in [1.82, 2.24) is 14.8 Å². The maximum absolute atomic E-state index is 13.7. The molecule has 0 atom stereocenters. The van der Waals surface area contributed by atoms with Crippen molar-refractivity contribution in [2.45, 2.75) is 79.2 Å². The van der Waals surface area contributed by atoms with Crippen LogP contribution in [0.5, 0.6) is 0 Å². The highest BCUT2D eigenvalue weighted by atomic mass is 16.2. The minimum absolute atomic E-state index is 0.0143. The first-order chi connectivity index (χ1) is 17.9. The zero-order valence-electron chi connectivity index (χ0n) is 23.3. The highest BCUT2D eigenvalue weighted by Gasteiger charge is 2.22. The number of para-hydroxylation sites is 1. The van der Waals surface area contributed by atoms with Crippen LogP contribution in [0.3, 0.4) is 0 Å². The van der Waals surface area contributed by atoms with Gasteiger partial charge in [-0.25, -0.2) is 0 Å². The lowest BCUT2D eigenvalue weighted by atomic mass is 10.1. The molecule has 1 aromatic heterocycles. The highest BCUT2D eigenvalue weighted by molar-refractivity contribution is 5.85. The molecule has 0 bridgehead atoms. The number of unbranched alkanes of at least 4 members (excludes halogenated alkanes) is 4. The van der Waals surface area contributed by atoms with Crippen LogP contribution >= 0.6 is 0 Å². The van der Waals surface area contributed by atoms with Crippen molar-refractivity contribution in [3.63, 3.8) is 0 Å². The first kappa shape index (κ1) is 28.5. The lowest BCUT2D eigenvalue weighted by Crippen LogP contribution is -2.44. The number of hydrogen-bond acceptors (Lipinski definition) is 2. The Morgan fingerprint density at radius 2 is 1.62 bits per heavy atom. The summed E-state index contributed by atoms with van der Waals surface area (Å²) in [7, 11) is 0. The van der Waals surface area contributed by atoms with E-state index in [1.807, 2.05) is 23.2 Å². The van der Waals surface area contributed by atoms with E-state index in [0.717, 1.165) is 30.3 Å². The van der Waals surface area contributed by atoms with Gasteiger partial charge >= 0.3 is 0 Å². The number of amides is 2. The van der Waals surface area contributed by atoms with Crippen LogP contribution in [0.2, 0.25) is 0 Å². The summed E-state index contributed by atoms with van der Waals surface area (Å²) < 4.78 is 0. The molecule has 5 heteroatoms. The predicted molar refractivity (Wildman–Crippen MR) is 153 cm³/mol. The molecule has 0 aliphatic rings. The number of carbonyl (C=O) groups excluding carboxylic acids is 2. The monoisotopic (exact) mass is 503 g/mol. The summed E-state index contributed by atoms with van der Waals surface area (Å²) in [4.78, 5) is 33.8. The number of aromatic nitrogens is 1. The Morgan fingerprint density at radius 3 is 2.35 bits per heavy atom. The molecule has 1 heterocycles. The number of carbonyl (C=O) groups is 2. The SMILES string of the molecule is CCCCCCCC(=O)N(CC(=O)N(CCc1c[nH]c2ccccc12)Cc1ccc(C)cc1)CC(C)C. The third kappa shape index (κ3) is 9.07. The smallest absolute Gasteiger partial charge is 0.242 e. The molecule has 3 aromatic rings. The molecular formula is C32H45N3O2. The van der Waals surface area contributed by atoms with Crippen LogP contribution in [-0.4, -0.2) is 46.2 Å². The number of hydrogen-bond donors (Lipinski definition) is 1. The van der Waals surface area contributed by atoms with Crippen LogP contribution in [-0.2, 0) is 22.6 Å². The van der Waals surface area contributed by atoms with Crippen LogP contribution in [0, 0.1) is 12.8 Å². The van der Waals surface area contributed by atoms with E-state index in [1.165, 1.54) is 35.8 Å². The van der Waals surface area contributed by atoms with Crippen molar-refractivity contribution < 1.29 is 9.59 Å². The topological polar surface area (TPSA) is 56.4 Å². The predicted octanol–water partition coefficient (Wildman–Crippen LogP) is 6.89. The van der Waals surface area contributed by atoms with Gasteiger partial charge in [-0.15, -0.1) is 0 Å². The number of nitrogens with zero attached hydrogens (tertiary/aromatic N) is 2. The molecule has 0 aliphatic carbocycles. The molecule has 200 valence electrons. The Bertz CT molecular complexity index is 1120. The summed E-state index contributed by atoms with van der Waals surface area (Å²) in [6.07, 6.45) is 8.89. The van der Waals surface area contributed by atoms with Crippen LogP contribution < -0.4 is 0 Å². The van der Waals surface area contributed by atoms with Crippen molar-refractivity contribution in [2.24, 2.45) is 5.92 Å². The molecule has 0 fully saturated rings. The average molecular weight is 504 g/mol. The number of aryl methyl sites for hydroxylation is 1. The third-order valence-corrected chi connectivity index (χ3v) is 6.93. The van der Waals surface area contributed by atoms with E-state index in [1.54, 1.807) is 4.90 Å². The van der Waals surface area contributed by atoms with Gasteiger partial charge in [0, 0.05) is 43.2 Å². The molecule has 0 saturated heterocycles. The average Bonchev–Trinajstić information content (AvgIpc) is 3.29. The third-order valence-electron chi connectivity index (χ3n) is 6.93. The van der Waals surface area contributed by atoms with E-state index in [0.29, 0.717) is 32.0 Å². The van der Waals surface area contributed by atoms with Gasteiger partial charge in [-0.3, -0.25) is 9.59 Å². The quantitative estimate of drug-likeness (QED) is 0.230. The molecule has 5 nitrogen and oxygen atoms in total. The summed E-state index contributed by atoms with van der Waals surface area (Å²) in [5.41, 5.74) is 4.63. The van der Waals surface area contributed by atoms with Crippen molar-refractivity contribution in [3.05, 3.63) is 71.4 Å². The Labute approximate surface area is 223 Å². The molecule has 0 radical (unpaired) electrons. The fraction of sp³-hybridized carbons (Fsp3) is 0.500. The lowest BCUT2D eigenvalue weighted by Gasteiger charge is -2.29. The molecule has 2 aromatic carbocycles. The number of benzene rings is 2. The Kier molecular flexibility index (Phi) is 11.2. The van der Waals surface area contributed by atoms with E-state index in [9.17, 15) is 9.59 Å². The summed E-state index contributed by atoms with van der Waals surface area (Å²) in [6, 6.07) is 16.6. The fourth-order valence-electron chi connectivity index (χ4n) is 4.80. The van der Waals surface area contributed by atoms with E-state index >= 15 is 0 Å². The number of fused-ring (bicyclic) bond motifs is 1. The van der Waals surface area contributed by atoms with Gasteiger partial charge in [-0.05, 0) is 42.9 Å². The lowest BCUT2D eigenvalue weighted by molar-refractivity contribution is -0.141. The second-order valence-electron chi connectivity index (χ2n) is 10.7. The van der Waals surface area contributed by atoms with Gasteiger partial charge in [0.1, 0.15) is 0 Å². The van der Waals surface area contributed by atoms with Crippen LogP contribution in [0.25, 0.3) is 10.9 Å². The maximum Gasteiger partial charge on any atom is 0.242 e.